The Kier molecular flexibility index (Phi) is 6.55. The van der Waals surface area contributed by atoms with E-state index in [0.29, 0.717) is 6.42 Å². The lowest BCUT2D eigenvalue weighted by atomic mass is 10.0. The molecule has 126 valence electrons. The van der Waals surface area contributed by atoms with Gasteiger partial charge >= 0.3 is 11.9 Å². The van der Waals surface area contributed by atoms with Crippen molar-refractivity contribution in [2.75, 3.05) is 6.61 Å². The number of hydrogen-bond acceptors (Lipinski definition) is 4. The fourth-order valence-corrected chi connectivity index (χ4v) is 2.45. The van der Waals surface area contributed by atoms with Gasteiger partial charge < -0.3 is 9.47 Å². The third-order valence-electron chi connectivity index (χ3n) is 3.70. The molecule has 0 spiro atoms. The molecule has 2 aromatic rings. The Morgan fingerprint density at radius 3 is 1.75 bits per heavy atom. The monoisotopic (exact) mass is 326 g/mol. The van der Waals surface area contributed by atoms with Gasteiger partial charge in [0.1, 0.15) is 0 Å². The van der Waals surface area contributed by atoms with Crippen molar-refractivity contribution < 1.29 is 19.1 Å². The number of ether oxygens (including phenoxy) is 2. The van der Waals surface area contributed by atoms with Crippen LogP contribution in [0.4, 0.5) is 0 Å². The van der Waals surface area contributed by atoms with Gasteiger partial charge in [-0.15, -0.1) is 0 Å². The molecule has 0 aliphatic heterocycles. The first kappa shape index (κ1) is 17.7. The maximum absolute atomic E-state index is 12.5. The Bertz CT molecular complexity index is 612. The van der Waals surface area contributed by atoms with Crippen LogP contribution in [0.25, 0.3) is 0 Å². The van der Waals surface area contributed by atoms with Gasteiger partial charge in [-0.05, 0) is 24.5 Å². The minimum absolute atomic E-state index is 0.239. The van der Waals surface area contributed by atoms with Gasteiger partial charge in [0.15, 0.2) is 12.0 Å². The minimum atomic E-state index is -0.903. The maximum Gasteiger partial charge on any atom is 0.321 e. The van der Waals surface area contributed by atoms with E-state index < -0.39 is 24.0 Å². The average molecular weight is 326 g/mol. The highest BCUT2D eigenvalue weighted by Crippen LogP contribution is 2.27. The molecule has 0 N–H and O–H groups in total. The number of rotatable bonds is 7. The van der Waals surface area contributed by atoms with Crippen LogP contribution in [0, 0.1) is 5.92 Å². The van der Waals surface area contributed by atoms with E-state index in [4.69, 9.17) is 9.47 Å². The lowest BCUT2D eigenvalue weighted by Gasteiger charge is -2.21. The summed E-state index contributed by atoms with van der Waals surface area (Å²) < 4.78 is 10.7. The number of carbonyl (C=O) groups is 2. The number of carbonyl (C=O) groups excluding carboxylic acids is 2. The average Bonchev–Trinajstić information content (AvgIpc) is 2.62. The summed E-state index contributed by atoms with van der Waals surface area (Å²) in [4.78, 5) is 24.5. The van der Waals surface area contributed by atoms with Crippen LogP contribution in [0.5, 0.6) is 0 Å². The summed E-state index contributed by atoms with van der Waals surface area (Å²) >= 11 is 0. The van der Waals surface area contributed by atoms with Crippen molar-refractivity contribution in [3.63, 3.8) is 0 Å². The summed E-state index contributed by atoms with van der Waals surface area (Å²) in [5.41, 5.74) is 1.71. The molecule has 0 aliphatic rings. The SMILES string of the molecule is CCOC(=O)C(CC)C(=O)OC(c1ccccc1)c1ccccc1. The standard InChI is InChI=1S/C20H22O4/c1-3-17(19(21)23-4-2)20(22)24-18(15-11-7-5-8-12-15)16-13-9-6-10-14-16/h5-14,17-18H,3-4H2,1-2H3. The molecule has 0 fully saturated rings. The first-order chi connectivity index (χ1) is 11.7. The molecule has 2 aromatic carbocycles. The van der Waals surface area contributed by atoms with Crippen molar-refractivity contribution >= 4 is 11.9 Å². The van der Waals surface area contributed by atoms with Crippen molar-refractivity contribution in [2.24, 2.45) is 5.92 Å². The summed E-state index contributed by atoms with van der Waals surface area (Å²) in [6.45, 7) is 3.72. The van der Waals surface area contributed by atoms with Crippen molar-refractivity contribution in [3.8, 4) is 0 Å². The van der Waals surface area contributed by atoms with E-state index in [1.54, 1.807) is 13.8 Å². The fourth-order valence-electron chi connectivity index (χ4n) is 2.45. The van der Waals surface area contributed by atoms with Crippen LogP contribution in [0.15, 0.2) is 60.7 Å². The third-order valence-corrected chi connectivity index (χ3v) is 3.70. The molecule has 0 aliphatic carbocycles. The molecule has 2 rings (SSSR count). The molecule has 0 saturated heterocycles. The predicted octanol–water partition coefficient (Wildman–Crippen LogP) is 3.91. The number of esters is 2. The van der Waals surface area contributed by atoms with E-state index in [1.165, 1.54) is 0 Å². The number of benzene rings is 2. The van der Waals surface area contributed by atoms with Crippen LogP contribution in [-0.2, 0) is 19.1 Å². The van der Waals surface area contributed by atoms with E-state index in [0.717, 1.165) is 11.1 Å². The van der Waals surface area contributed by atoms with Gasteiger partial charge in [-0.25, -0.2) is 0 Å². The molecule has 0 heterocycles. The van der Waals surface area contributed by atoms with Crippen molar-refractivity contribution in [2.45, 2.75) is 26.4 Å². The highest BCUT2D eigenvalue weighted by Gasteiger charge is 2.30. The van der Waals surface area contributed by atoms with Crippen LogP contribution >= 0.6 is 0 Å². The molecule has 0 bridgehead atoms. The van der Waals surface area contributed by atoms with Crippen LogP contribution in [-0.4, -0.2) is 18.5 Å². The van der Waals surface area contributed by atoms with Gasteiger partial charge in [0.2, 0.25) is 0 Å². The largest absolute Gasteiger partial charge is 0.465 e. The molecule has 0 amide bonds. The molecular weight excluding hydrogens is 304 g/mol. The highest BCUT2D eigenvalue weighted by atomic mass is 16.6. The zero-order chi connectivity index (χ0) is 17.4. The quantitative estimate of drug-likeness (QED) is 0.572. The normalized spacial score (nSPS) is 11.8. The molecule has 1 unspecified atom stereocenters. The van der Waals surface area contributed by atoms with E-state index in [2.05, 4.69) is 0 Å². The van der Waals surface area contributed by atoms with E-state index in [1.807, 2.05) is 60.7 Å². The fraction of sp³-hybridized carbons (Fsp3) is 0.300. The lowest BCUT2D eigenvalue weighted by molar-refractivity contribution is -0.164. The zero-order valence-electron chi connectivity index (χ0n) is 14.0. The number of hydrogen-bond donors (Lipinski definition) is 0. The second-order valence-electron chi connectivity index (χ2n) is 5.35. The molecule has 4 heteroatoms. The molecular formula is C20H22O4. The smallest absolute Gasteiger partial charge is 0.321 e. The highest BCUT2D eigenvalue weighted by molar-refractivity contribution is 5.95. The summed E-state index contributed by atoms with van der Waals surface area (Å²) in [6, 6.07) is 19.0. The Labute approximate surface area is 142 Å². The van der Waals surface area contributed by atoms with Gasteiger partial charge in [0.05, 0.1) is 6.61 Å². The van der Waals surface area contributed by atoms with Crippen LogP contribution in [0.3, 0.4) is 0 Å². The lowest BCUT2D eigenvalue weighted by Crippen LogP contribution is -2.29. The molecule has 24 heavy (non-hydrogen) atoms. The first-order valence-electron chi connectivity index (χ1n) is 8.14. The topological polar surface area (TPSA) is 52.6 Å². The van der Waals surface area contributed by atoms with Gasteiger partial charge in [-0.1, -0.05) is 67.6 Å². The second kappa shape index (κ2) is 8.87. The molecule has 0 saturated carbocycles. The summed E-state index contributed by atoms with van der Waals surface area (Å²) in [5.74, 6) is -2.00. The van der Waals surface area contributed by atoms with Gasteiger partial charge in [0.25, 0.3) is 0 Å². The van der Waals surface area contributed by atoms with Crippen LogP contribution < -0.4 is 0 Å². The maximum atomic E-state index is 12.5. The Hall–Kier alpha value is -2.62. The van der Waals surface area contributed by atoms with E-state index in [9.17, 15) is 9.59 Å². The molecule has 0 aromatic heterocycles. The Balaban J connectivity index is 2.25. The Morgan fingerprint density at radius 2 is 1.33 bits per heavy atom. The molecule has 0 radical (unpaired) electrons. The Morgan fingerprint density at radius 1 is 0.833 bits per heavy atom. The van der Waals surface area contributed by atoms with Crippen molar-refractivity contribution in [1.29, 1.82) is 0 Å². The van der Waals surface area contributed by atoms with Crippen LogP contribution in [0.2, 0.25) is 0 Å². The summed E-state index contributed by atoms with van der Waals surface area (Å²) in [7, 11) is 0. The third kappa shape index (κ3) is 4.44. The summed E-state index contributed by atoms with van der Waals surface area (Å²) in [6.07, 6.45) is -0.211. The summed E-state index contributed by atoms with van der Waals surface area (Å²) in [5, 5.41) is 0. The second-order valence-corrected chi connectivity index (χ2v) is 5.35. The van der Waals surface area contributed by atoms with Crippen molar-refractivity contribution in [1.82, 2.24) is 0 Å². The van der Waals surface area contributed by atoms with Gasteiger partial charge in [-0.3, -0.25) is 9.59 Å². The predicted molar refractivity (Wildman–Crippen MR) is 91.2 cm³/mol. The van der Waals surface area contributed by atoms with Crippen molar-refractivity contribution in [3.05, 3.63) is 71.8 Å². The first-order valence-corrected chi connectivity index (χ1v) is 8.14. The van der Waals surface area contributed by atoms with Crippen LogP contribution in [0.1, 0.15) is 37.5 Å². The van der Waals surface area contributed by atoms with E-state index >= 15 is 0 Å². The molecule has 4 nitrogen and oxygen atoms in total. The van der Waals surface area contributed by atoms with Gasteiger partial charge in [0, 0.05) is 0 Å². The minimum Gasteiger partial charge on any atom is -0.465 e. The zero-order valence-corrected chi connectivity index (χ0v) is 14.0. The van der Waals surface area contributed by atoms with E-state index in [-0.39, 0.29) is 6.61 Å². The van der Waals surface area contributed by atoms with Gasteiger partial charge in [-0.2, -0.15) is 0 Å². The molecule has 1 atom stereocenters.